The minimum Gasteiger partial charge on any atom is -0.334 e. The van der Waals surface area contributed by atoms with E-state index in [1.165, 1.54) is 12.1 Å². The normalized spacial score (nSPS) is 14.9. The van der Waals surface area contributed by atoms with Gasteiger partial charge < -0.3 is 14.8 Å². The van der Waals surface area contributed by atoms with Crippen LogP contribution < -0.4 is 5.32 Å². The van der Waals surface area contributed by atoms with Gasteiger partial charge in [0.2, 0.25) is 0 Å². The first-order chi connectivity index (χ1) is 15.6. The Morgan fingerprint density at radius 2 is 1.81 bits per heavy atom. The fourth-order valence-corrected chi connectivity index (χ4v) is 4.41. The Morgan fingerprint density at radius 3 is 2.62 bits per heavy atom. The summed E-state index contributed by atoms with van der Waals surface area (Å²) in [6, 6.07) is 26.4. The summed E-state index contributed by atoms with van der Waals surface area (Å²) in [6.07, 6.45) is 2.05. The summed E-state index contributed by atoms with van der Waals surface area (Å²) in [7, 11) is 0. The predicted molar refractivity (Wildman–Crippen MR) is 123 cm³/mol. The van der Waals surface area contributed by atoms with Crippen molar-refractivity contribution in [3.05, 3.63) is 125 Å². The number of nitrogens with one attached hydrogen (secondary N) is 1. The number of rotatable bonds is 3. The van der Waals surface area contributed by atoms with Crippen molar-refractivity contribution in [1.82, 2.24) is 14.8 Å². The maximum Gasteiger partial charge on any atom is 0.318 e. The predicted octanol–water partition coefficient (Wildman–Crippen LogP) is 5.74. The van der Waals surface area contributed by atoms with Crippen LogP contribution in [0.3, 0.4) is 0 Å². The molecule has 0 aliphatic carbocycles. The van der Waals surface area contributed by atoms with Crippen LogP contribution >= 0.6 is 0 Å². The molecule has 4 nitrogen and oxygen atoms in total. The van der Waals surface area contributed by atoms with Crippen molar-refractivity contribution in [2.24, 2.45) is 0 Å². The third-order valence-electron chi connectivity index (χ3n) is 5.94. The van der Waals surface area contributed by atoms with E-state index in [0.29, 0.717) is 13.1 Å². The van der Waals surface area contributed by atoms with Crippen LogP contribution in [0.5, 0.6) is 0 Å². The molecule has 0 fully saturated rings. The summed E-state index contributed by atoms with van der Waals surface area (Å²) in [4.78, 5) is 15.4. The molecule has 2 heterocycles. The van der Waals surface area contributed by atoms with Crippen LogP contribution in [0.2, 0.25) is 0 Å². The van der Waals surface area contributed by atoms with Crippen molar-refractivity contribution in [3.8, 4) is 5.69 Å². The molecule has 5 rings (SSSR count). The molecular weight excluding hydrogens is 401 g/mol. The molecular formula is C27H24FN3O. The second-order valence-corrected chi connectivity index (χ2v) is 8.16. The van der Waals surface area contributed by atoms with Crippen LogP contribution in [0.15, 0.2) is 91.1 Å². The Bertz CT molecular complexity index is 1260. The van der Waals surface area contributed by atoms with Gasteiger partial charge in [0.15, 0.2) is 0 Å². The van der Waals surface area contributed by atoms with E-state index in [-0.39, 0.29) is 17.9 Å². The van der Waals surface area contributed by atoms with Gasteiger partial charge in [0, 0.05) is 18.4 Å². The van der Waals surface area contributed by atoms with Crippen LogP contribution in [0.1, 0.15) is 34.0 Å². The number of fused-ring (bicyclic) bond motifs is 3. The molecule has 0 spiro atoms. The lowest BCUT2D eigenvalue weighted by Gasteiger charge is -2.31. The second-order valence-electron chi connectivity index (χ2n) is 8.16. The molecule has 1 aliphatic rings. The SMILES string of the molecule is Cc1cccc([C@H]2c3cccn3-c3ccccc3CN2C(=O)NCc2ccc(F)cc2)c1. The van der Waals surface area contributed by atoms with Crippen LogP contribution in [-0.4, -0.2) is 15.5 Å². The van der Waals surface area contributed by atoms with Crippen LogP contribution in [0.25, 0.3) is 5.69 Å². The number of amides is 2. The lowest BCUT2D eigenvalue weighted by Crippen LogP contribution is -2.41. The lowest BCUT2D eigenvalue weighted by atomic mass is 10.00. The molecule has 2 amide bonds. The van der Waals surface area contributed by atoms with Gasteiger partial charge in [0.25, 0.3) is 0 Å². The number of aryl methyl sites for hydroxylation is 1. The monoisotopic (exact) mass is 425 g/mol. The van der Waals surface area contributed by atoms with E-state index in [4.69, 9.17) is 0 Å². The average Bonchev–Trinajstić information content (AvgIpc) is 3.22. The first kappa shape index (κ1) is 20.1. The summed E-state index contributed by atoms with van der Waals surface area (Å²) in [5.41, 5.74) is 6.27. The Kier molecular flexibility index (Phi) is 5.23. The summed E-state index contributed by atoms with van der Waals surface area (Å²) in [5.74, 6) is -0.288. The van der Waals surface area contributed by atoms with E-state index in [1.54, 1.807) is 12.1 Å². The minimum absolute atomic E-state index is 0.162. The highest BCUT2D eigenvalue weighted by Gasteiger charge is 2.32. The van der Waals surface area contributed by atoms with Crippen molar-refractivity contribution >= 4 is 6.03 Å². The number of carbonyl (C=O) groups excluding carboxylic acids is 1. The highest BCUT2D eigenvalue weighted by molar-refractivity contribution is 5.76. The standard InChI is InChI=1S/C27H24FN3O/c1-19-6-4-8-21(16-19)26-25-10-5-15-30(25)24-9-3-2-7-22(24)18-31(26)27(32)29-17-20-11-13-23(28)14-12-20/h2-16,26H,17-18H2,1H3,(H,29,32)/t26-/m0/s1. The molecule has 4 aromatic rings. The number of aromatic nitrogens is 1. The van der Waals surface area contributed by atoms with Gasteiger partial charge in [0.1, 0.15) is 5.82 Å². The van der Waals surface area contributed by atoms with Crippen molar-refractivity contribution < 1.29 is 9.18 Å². The molecule has 3 aromatic carbocycles. The summed E-state index contributed by atoms with van der Waals surface area (Å²) in [6.45, 7) is 2.87. The van der Waals surface area contributed by atoms with Crippen molar-refractivity contribution in [3.63, 3.8) is 0 Å². The van der Waals surface area contributed by atoms with Crippen LogP contribution in [-0.2, 0) is 13.1 Å². The zero-order chi connectivity index (χ0) is 22.1. The van der Waals surface area contributed by atoms with E-state index in [0.717, 1.165) is 33.6 Å². The molecule has 1 N–H and O–H groups in total. The molecule has 0 unspecified atom stereocenters. The van der Waals surface area contributed by atoms with Gasteiger partial charge in [-0.2, -0.15) is 0 Å². The van der Waals surface area contributed by atoms with Crippen molar-refractivity contribution in [2.45, 2.75) is 26.1 Å². The summed E-state index contributed by atoms with van der Waals surface area (Å²) >= 11 is 0. The largest absolute Gasteiger partial charge is 0.334 e. The Hall–Kier alpha value is -3.86. The van der Waals surface area contributed by atoms with E-state index in [9.17, 15) is 9.18 Å². The zero-order valence-electron chi connectivity index (χ0n) is 17.8. The van der Waals surface area contributed by atoms with Crippen molar-refractivity contribution in [1.29, 1.82) is 0 Å². The number of benzene rings is 3. The van der Waals surface area contributed by atoms with E-state index >= 15 is 0 Å². The van der Waals surface area contributed by atoms with E-state index in [1.807, 2.05) is 29.2 Å². The van der Waals surface area contributed by atoms with Gasteiger partial charge in [-0.1, -0.05) is 60.2 Å². The quantitative estimate of drug-likeness (QED) is 0.447. The lowest BCUT2D eigenvalue weighted by molar-refractivity contribution is 0.180. The number of hydrogen-bond acceptors (Lipinski definition) is 1. The molecule has 1 aromatic heterocycles. The molecule has 160 valence electrons. The van der Waals surface area contributed by atoms with Gasteiger partial charge in [-0.3, -0.25) is 0 Å². The molecule has 1 atom stereocenters. The molecule has 1 aliphatic heterocycles. The highest BCUT2D eigenvalue weighted by Crippen LogP contribution is 2.36. The second kappa shape index (κ2) is 8.35. The fraction of sp³-hybridized carbons (Fsp3) is 0.148. The number of para-hydroxylation sites is 1. The van der Waals surface area contributed by atoms with E-state index < -0.39 is 0 Å². The minimum atomic E-state index is -0.288. The molecule has 5 heteroatoms. The van der Waals surface area contributed by atoms with Crippen LogP contribution in [0.4, 0.5) is 9.18 Å². The number of urea groups is 1. The van der Waals surface area contributed by atoms with Crippen molar-refractivity contribution in [2.75, 3.05) is 0 Å². The Morgan fingerprint density at radius 1 is 1.00 bits per heavy atom. The van der Waals surface area contributed by atoms with Gasteiger partial charge in [-0.05, 0) is 53.9 Å². The molecule has 0 bridgehead atoms. The van der Waals surface area contributed by atoms with Gasteiger partial charge >= 0.3 is 6.03 Å². The first-order valence-corrected chi connectivity index (χ1v) is 10.7. The Balaban J connectivity index is 1.55. The summed E-state index contributed by atoms with van der Waals surface area (Å²) in [5, 5.41) is 3.04. The number of nitrogens with zero attached hydrogens (tertiary/aromatic N) is 2. The molecule has 0 saturated carbocycles. The first-order valence-electron chi connectivity index (χ1n) is 10.7. The fourth-order valence-electron chi connectivity index (χ4n) is 4.41. The maximum absolute atomic E-state index is 13.5. The van der Waals surface area contributed by atoms with Crippen LogP contribution in [0, 0.1) is 12.7 Å². The van der Waals surface area contributed by atoms with Gasteiger partial charge in [-0.25, -0.2) is 9.18 Å². The number of hydrogen-bond donors (Lipinski definition) is 1. The average molecular weight is 426 g/mol. The molecule has 0 radical (unpaired) electrons. The molecule has 32 heavy (non-hydrogen) atoms. The number of carbonyl (C=O) groups is 1. The highest BCUT2D eigenvalue weighted by atomic mass is 19.1. The summed E-state index contributed by atoms with van der Waals surface area (Å²) < 4.78 is 15.4. The zero-order valence-corrected chi connectivity index (χ0v) is 17.8. The van der Waals surface area contributed by atoms with Gasteiger partial charge in [-0.15, -0.1) is 0 Å². The maximum atomic E-state index is 13.5. The smallest absolute Gasteiger partial charge is 0.318 e. The topological polar surface area (TPSA) is 37.3 Å². The van der Waals surface area contributed by atoms with Gasteiger partial charge in [0.05, 0.1) is 18.3 Å². The van der Waals surface area contributed by atoms with E-state index in [2.05, 4.69) is 59.4 Å². The number of halogens is 1. The Labute approximate surface area is 186 Å². The molecule has 0 saturated heterocycles. The third-order valence-corrected chi connectivity index (χ3v) is 5.94. The third kappa shape index (κ3) is 3.78.